The van der Waals surface area contributed by atoms with Crippen molar-refractivity contribution in [2.24, 2.45) is 0 Å². The summed E-state index contributed by atoms with van der Waals surface area (Å²) in [6.07, 6.45) is 2.98. The first-order valence-corrected chi connectivity index (χ1v) is 8.67. The van der Waals surface area contributed by atoms with Gasteiger partial charge in [-0.25, -0.2) is 13.1 Å². The second-order valence-corrected chi connectivity index (χ2v) is 7.26. The van der Waals surface area contributed by atoms with Crippen LogP contribution in [0.5, 0.6) is 0 Å². The van der Waals surface area contributed by atoms with Gasteiger partial charge in [0.25, 0.3) is 0 Å². The van der Waals surface area contributed by atoms with Crippen LogP contribution in [0.15, 0.2) is 29.2 Å². The summed E-state index contributed by atoms with van der Waals surface area (Å²) in [6.45, 7) is 0.517. The highest BCUT2D eigenvalue weighted by Crippen LogP contribution is 2.26. The molecule has 0 spiro atoms. The van der Waals surface area contributed by atoms with E-state index in [0.29, 0.717) is 25.1 Å². The van der Waals surface area contributed by atoms with Gasteiger partial charge < -0.3 is 10.6 Å². The molecular formula is C14H19N3O3S. The zero-order valence-electron chi connectivity index (χ0n) is 11.6. The lowest BCUT2D eigenvalue weighted by molar-refractivity contribution is -0.122. The van der Waals surface area contributed by atoms with E-state index in [1.807, 2.05) is 0 Å². The Hall–Kier alpha value is -1.60. The van der Waals surface area contributed by atoms with Crippen molar-refractivity contribution >= 4 is 21.6 Å². The lowest BCUT2D eigenvalue weighted by Crippen LogP contribution is -2.42. The topological polar surface area (TPSA) is 87.3 Å². The average molecular weight is 309 g/mol. The molecule has 6 nitrogen and oxygen atoms in total. The Balaban J connectivity index is 1.77. The largest absolute Gasteiger partial charge is 0.379 e. The third-order valence-electron chi connectivity index (χ3n) is 3.70. The van der Waals surface area contributed by atoms with Crippen LogP contribution in [0, 0.1) is 0 Å². The van der Waals surface area contributed by atoms with Crippen LogP contribution >= 0.6 is 0 Å². The summed E-state index contributed by atoms with van der Waals surface area (Å²) in [5, 5.41) is 6.02. The number of para-hydroxylation sites is 1. The smallest absolute Gasteiger partial charge is 0.242 e. The third kappa shape index (κ3) is 3.54. The molecule has 1 aromatic carbocycles. The SMILES string of the molecule is O=C1CCC(Nc2ccccc2S(=O)(=O)NC2CC2)CN1. The quantitative estimate of drug-likeness (QED) is 0.751. The summed E-state index contributed by atoms with van der Waals surface area (Å²) >= 11 is 0. The summed E-state index contributed by atoms with van der Waals surface area (Å²) in [7, 11) is -3.49. The molecule has 1 aromatic rings. The molecule has 1 saturated heterocycles. The molecule has 7 heteroatoms. The Morgan fingerprint density at radius 1 is 1.10 bits per heavy atom. The van der Waals surface area contributed by atoms with Crippen molar-refractivity contribution in [3.05, 3.63) is 24.3 Å². The maximum atomic E-state index is 12.4. The fraction of sp³-hybridized carbons (Fsp3) is 0.500. The van der Waals surface area contributed by atoms with Crippen LogP contribution in [0.2, 0.25) is 0 Å². The Labute approximate surface area is 124 Å². The predicted octanol–water partition coefficient (Wildman–Crippen LogP) is 0.818. The Bertz CT molecular complexity index is 631. The van der Waals surface area contributed by atoms with Gasteiger partial charge in [0.05, 0.1) is 5.69 Å². The molecule has 0 aromatic heterocycles. The monoisotopic (exact) mass is 309 g/mol. The molecule has 1 unspecified atom stereocenters. The minimum absolute atomic E-state index is 0.0457. The molecule has 2 fully saturated rings. The first kappa shape index (κ1) is 14.3. The molecule has 1 aliphatic carbocycles. The van der Waals surface area contributed by atoms with Crippen LogP contribution in [0.4, 0.5) is 5.69 Å². The van der Waals surface area contributed by atoms with Crippen molar-refractivity contribution < 1.29 is 13.2 Å². The van der Waals surface area contributed by atoms with E-state index in [1.54, 1.807) is 24.3 Å². The van der Waals surface area contributed by atoms with Gasteiger partial charge in [-0.1, -0.05) is 12.1 Å². The second kappa shape index (κ2) is 5.65. The number of benzene rings is 1. The van der Waals surface area contributed by atoms with Crippen molar-refractivity contribution in [2.45, 2.75) is 42.7 Å². The van der Waals surface area contributed by atoms with Gasteiger partial charge in [0.2, 0.25) is 15.9 Å². The van der Waals surface area contributed by atoms with E-state index in [4.69, 9.17) is 0 Å². The molecule has 0 bridgehead atoms. The van der Waals surface area contributed by atoms with Crippen LogP contribution in [0.3, 0.4) is 0 Å². The van der Waals surface area contributed by atoms with Gasteiger partial charge in [-0.2, -0.15) is 0 Å². The standard InChI is InChI=1S/C14H19N3O3S/c18-14-8-7-11(9-15-14)16-12-3-1-2-4-13(12)21(19,20)17-10-5-6-10/h1-4,10-11,16-17H,5-9H2,(H,15,18). The maximum absolute atomic E-state index is 12.4. The molecule has 21 heavy (non-hydrogen) atoms. The van der Waals surface area contributed by atoms with E-state index in [2.05, 4.69) is 15.4 Å². The molecule has 1 amide bonds. The van der Waals surface area contributed by atoms with Gasteiger partial charge in [0, 0.05) is 25.0 Å². The molecule has 1 heterocycles. The van der Waals surface area contributed by atoms with Gasteiger partial charge in [0.1, 0.15) is 4.90 Å². The van der Waals surface area contributed by atoms with E-state index < -0.39 is 10.0 Å². The number of piperidine rings is 1. The summed E-state index contributed by atoms with van der Waals surface area (Å²) < 4.78 is 27.4. The molecule has 1 atom stereocenters. The Morgan fingerprint density at radius 2 is 1.86 bits per heavy atom. The number of amides is 1. The molecule has 1 saturated carbocycles. The molecule has 2 aliphatic rings. The van der Waals surface area contributed by atoms with Crippen LogP contribution in [-0.2, 0) is 14.8 Å². The highest BCUT2D eigenvalue weighted by atomic mass is 32.2. The fourth-order valence-electron chi connectivity index (χ4n) is 2.38. The van der Waals surface area contributed by atoms with Gasteiger partial charge in [-0.05, 0) is 31.4 Å². The zero-order valence-corrected chi connectivity index (χ0v) is 12.4. The third-order valence-corrected chi connectivity index (χ3v) is 5.28. The minimum atomic E-state index is -3.49. The number of hydrogen-bond acceptors (Lipinski definition) is 4. The first-order chi connectivity index (χ1) is 10.0. The summed E-state index contributed by atoms with van der Waals surface area (Å²) in [5.41, 5.74) is 0.590. The van der Waals surface area contributed by atoms with Crippen molar-refractivity contribution in [2.75, 3.05) is 11.9 Å². The highest BCUT2D eigenvalue weighted by Gasteiger charge is 2.29. The van der Waals surface area contributed by atoms with Crippen molar-refractivity contribution in [3.63, 3.8) is 0 Å². The molecular weight excluding hydrogens is 290 g/mol. The van der Waals surface area contributed by atoms with Gasteiger partial charge >= 0.3 is 0 Å². The fourth-order valence-corrected chi connectivity index (χ4v) is 3.86. The minimum Gasteiger partial charge on any atom is -0.379 e. The van der Waals surface area contributed by atoms with Crippen molar-refractivity contribution in [1.82, 2.24) is 10.0 Å². The first-order valence-electron chi connectivity index (χ1n) is 7.19. The van der Waals surface area contributed by atoms with E-state index in [-0.39, 0.29) is 22.9 Å². The van der Waals surface area contributed by atoms with Crippen LogP contribution < -0.4 is 15.4 Å². The average Bonchev–Trinajstić information content (AvgIpc) is 3.25. The Morgan fingerprint density at radius 3 is 2.52 bits per heavy atom. The van der Waals surface area contributed by atoms with Crippen molar-refractivity contribution in [3.8, 4) is 0 Å². The number of sulfonamides is 1. The van der Waals surface area contributed by atoms with E-state index in [0.717, 1.165) is 12.8 Å². The number of hydrogen-bond donors (Lipinski definition) is 3. The number of rotatable bonds is 5. The number of anilines is 1. The molecule has 3 N–H and O–H groups in total. The van der Waals surface area contributed by atoms with Gasteiger partial charge in [-0.3, -0.25) is 4.79 Å². The number of carbonyl (C=O) groups excluding carboxylic acids is 1. The Kier molecular flexibility index (Phi) is 3.86. The molecule has 3 rings (SSSR count). The zero-order chi connectivity index (χ0) is 14.9. The normalized spacial score (nSPS) is 22.7. The van der Waals surface area contributed by atoms with Crippen LogP contribution in [0.25, 0.3) is 0 Å². The van der Waals surface area contributed by atoms with Crippen LogP contribution in [-0.4, -0.2) is 33.0 Å². The summed E-state index contributed by atoms with van der Waals surface area (Å²) in [5.74, 6) is 0.0457. The van der Waals surface area contributed by atoms with Gasteiger partial charge in [-0.15, -0.1) is 0 Å². The highest BCUT2D eigenvalue weighted by molar-refractivity contribution is 7.89. The van der Waals surface area contributed by atoms with Crippen LogP contribution in [0.1, 0.15) is 25.7 Å². The number of nitrogens with one attached hydrogen (secondary N) is 3. The van der Waals surface area contributed by atoms with Gasteiger partial charge in [0.15, 0.2) is 0 Å². The number of carbonyl (C=O) groups is 1. The van der Waals surface area contributed by atoms with Crippen molar-refractivity contribution in [1.29, 1.82) is 0 Å². The predicted molar refractivity (Wildman–Crippen MR) is 79.4 cm³/mol. The molecule has 114 valence electrons. The summed E-state index contributed by atoms with van der Waals surface area (Å²) in [6, 6.07) is 7.03. The lowest BCUT2D eigenvalue weighted by Gasteiger charge is -2.25. The lowest BCUT2D eigenvalue weighted by atomic mass is 10.1. The maximum Gasteiger partial charge on any atom is 0.242 e. The van der Waals surface area contributed by atoms with E-state index >= 15 is 0 Å². The molecule has 1 aliphatic heterocycles. The molecule has 0 radical (unpaired) electrons. The van der Waals surface area contributed by atoms with E-state index in [9.17, 15) is 13.2 Å². The summed E-state index contributed by atoms with van der Waals surface area (Å²) in [4.78, 5) is 11.4. The second-order valence-electron chi connectivity index (χ2n) is 5.58. The van der Waals surface area contributed by atoms with E-state index in [1.165, 1.54) is 0 Å².